The molecule has 3 heterocycles. The van der Waals surface area contributed by atoms with Gasteiger partial charge in [-0.3, -0.25) is 10.1 Å². The predicted octanol–water partition coefficient (Wildman–Crippen LogP) is 4.54. The highest BCUT2D eigenvalue weighted by atomic mass is 32.2. The molecule has 0 atom stereocenters. The van der Waals surface area contributed by atoms with Crippen molar-refractivity contribution in [1.29, 1.82) is 5.26 Å². The van der Waals surface area contributed by atoms with E-state index in [-0.39, 0.29) is 11.1 Å². The lowest BCUT2D eigenvalue weighted by atomic mass is 10.1. The van der Waals surface area contributed by atoms with Crippen LogP contribution < -0.4 is 0 Å². The highest BCUT2D eigenvalue weighted by Gasteiger charge is 2.49. The number of aliphatic imine (C=N–C) groups is 1. The van der Waals surface area contributed by atoms with Crippen LogP contribution in [0.25, 0.3) is 11.5 Å². The zero-order chi connectivity index (χ0) is 21.6. The number of H-pyrrole nitrogens is 1. The Labute approximate surface area is 182 Å². The molecule has 0 amide bonds. The maximum absolute atomic E-state index is 12.9. The van der Waals surface area contributed by atoms with Gasteiger partial charge in [-0.05, 0) is 48.4 Å². The smallest absolute Gasteiger partial charge is 0.260 e. The first-order valence-electron chi connectivity index (χ1n) is 9.13. The Morgan fingerprint density at radius 2 is 2.06 bits per heavy atom. The van der Waals surface area contributed by atoms with Crippen molar-refractivity contribution < 1.29 is 13.2 Å². The monoisotopic (exact) mass is 459 g/mol. The molecule has 1 saturated carbocycles. The molecular weight excluding hydrogens is 447 g/mol. The summed E-state index contributed by atoms with van der Waals surface area (Å²) in [6, 6.07) is 7.03. The molecule has 1 aliphatic heterocycles. The lowest BCUT2D eigenvalue weighted by Gasteiger charge is -2.21. The van der Waals surface area contributed by atoms with Gasteiger partial charge in [-0.1, -0.05) is 17.8 Å². The fourth-order valence-electron chi connectivity index (χ4n) is 3.26. The number of thioether (sulfide) groups is 2. The van der Waals surface area contributed by atoms with Crippen molar-refractivity contribution in [1.82, 2.24) is 25.4 Å². The first-order chi connectivity index (χ1) is 14.9. The second-order valence-corrected chi connectivity index (χ2v) is 9.26. The van der Waals surface area contributed by atoms with Crippen molar-refractivity contribution in [3.05, 3.63) is 52.8 Å². The number of benzene rings is 1. The Bertz CT molecular complexity index is 1230. The van der Waals surface area contributed by atoms with Crippen LogP contribution in [0.3, 0.4) is 0 Å². The number of hydrogen-bond donors (Lipinski definition) is 1. The summed E-state index contributed by atoms with van der Waals surface area (Å²) in [5.41, 5.74) is 0.971. The van der Waals surface area contributed by atoms with Crippen LogP contribution in [0.1, 0.15) is 35.1 Å². The zero-order valence-electron chi connectivity index (χ0n) is 15.6. The molecule has 1 N–H and O–H groups in total. The van der Waals surface area contributed by atoms with E-state index in [0.717, 1.165) is 39.9 Å². The largest absolute Gasteiger partial charge is 0.416 e. The predicted molar refractivity (Wildman–Crippen MR) is 109 cm³/mol. The van der Waals surface area contributed by atoms with Gasteiger partial charge in [-0.2, -0.15) is 23.5 Å². The molecule has 0 radical (unpaired) electrons. The molecule has 2 aliphatic rings. The van der Waals surface area contributed by atoms with Crippen LogP contribution in [0.15, 0.2) is 40.6 Å². The van der Waals surface area contributed by atoms with E-state index >= 15 is 0 Å². The number of halogens is 3. The summed E-state index contributed by atoms with van der Waals surface area (Å²) in [7, 11) is 0. The average molecular weight is 459 g/mol. The fourth-order valence-corrected chi connectivity index (χ4v) is 5.50. The Kier molecular flexibility index (Phi) is 4.75. The van der Waals surface area contributed by atoms with Gasteiger partial charge in [0.05, 0.1) is 22.7 Å². The number of alkyl halides is 3. The van der Waals surface area contributed by atoms with E-state index in [2.05, 4.69) is 25.4 Å². The van der Waals surface area contributed by atoms with Crippen LogP contribution >= 0.6 is 23.5 Å². The van der Waals surface area contributed by atoms with Gasteiger partial charge in [0.1, 0.15) is 21.4 Å². The maximum Gasteiger partial charge on any atom is 0.416 e. The van der Waals surface area contributed by atoms with Crippen LogP contribution in [0, 0.1) is 11.3 Å². The number of fused-ring (bicyclic) bond motifs is 2. The van der Waals surface area contributed by atoms with E-state index < -0.39 is 11.7 Å². The summed E-state index contributed by atoms with van der Waals surface area (Å²) in [4.78, 5) is 8.99. The maximum atomic E-state index is 12.9. The minimum Gasteiger partial charge on any atom is -0.260 e. The van der Waals surface area contributed by atoms with Crippen LogP contribution in [0.2, 0.25) is 0 Å². The molecule has 5 rings (SSSR count). The molecule has 12 heteroatoms. The topological polar surface area (TPSA) is 104 Å². The Hall–Kier alpha value is -2.91. The summed E-state index contributed by atoms with van der Waals surface area (Å²) < 4.78 is 39.5. The van der Waals surface area contributed by atoms with E-state index in [4.69, 9.17) is 4.99 Å². The van der Waals surface area contributed by atoms with Crippen LogP contribution in [0.4, 0.5) is 13.2 Å². The summed E-state index contributed by atoms with van der Waals surface area (Å²) in [6.45, 7) is 0. The number of hydrogen-bond acceptors (Lipinski definition) is 8. The van der Waals surface area contributed by atoms with Gasteiger partial charge >= 0.3 is 6.18 Å². The summed E-state index contributed by atoms with van der Waals surface area (Å²) in [6.07, 6.45) is -1.31. The van der Waals surface area contributed by atoms with Crippen molar-refractivity contribution in [2.24, 2.45) is 4.99 Å². The first kappa shape index (κ1) is 20.0. The molecule has 2 aromatic heterocycles. The second-order valence-electron chi connectivity index (χ2n) is 7.06. The molecule has 1 fully saturated rings. The Morgan fingerprint density at radius 1 is 1.23 bits per heavy atom. The Balaban J connectivity index is 1.37. The number of nitrogens with one attached hydrogen (secondary N) is 1. The van der Waals surface area contributed by atoms with Gasteiger partial charge in [-0.15, -0.1) is 10.2 Å². The number of aromatic nitrogens is 5. The van der Waals surface area contributed by atoms with Gasteiger partial charge in [-0.25, -0.2) is 4.98 Å². The molecule has 0 unspecified atom stereocenters. The van der Waals surface area contributed by atoms with Gasteiger partial charge in [0, 0.05) is 11.3 Å². The SMILES string of the molecule is N#Cc1cc(C(F)(F)F)ccc1CSC1=NC2(CC2)c2cc(-c3ncn[nH]3)nnc2S1. The van der Waals surface area contributed by atoms with Crippen molar-refractivity contribution in [3.8, 4) is 17.6 Å². The molecule has 0 saturated heterocycles. The van der Waals surface area contributed by atoms with Gasteiger partial charge in [0.15, 0.2) is 5.82 Å². The van der Waals surface area contributed by atoms with Gasteiger partial charge in [0.2, 0.25) is 0 Å². The number of aromatic amines is 1. The van der Waals surface area contributed by atoms with Crippen molar-refractivity contribution >= 4 is 27.9 Å². The molecule has 0 bridgehead atoms. The third-order valence-electron chi connectivity index (χ3n) is 5.04. The standard InChI is InChI=1S/C19H12F3N7S2/c20-19(21,22)12-2-1-10(11(5-12)7-23)8-30-17-26-18(3-4-18)13-6-14(15-24-9-25-28-15)27-29-16(13)31-17/h1-2,5-6,9H,3-4,8H2,(H,24,25,28). The second kappa shape index (κ2) is 7.35. The quantitative estimate of drug-likeness (QED) is 0.613. The summed E-state index contributed by atoms with van der Waals surface area (Å²) >= 11 is 2.76. The van der Waals surface area contributed by atoms with E-state index in [0.29, 0.717) is 22.8 Å². The summed E-state index contributed by atoms with van der Waals surface area (Å²) in [5.74, 6) is 0.869. The number of rotatable bonds is 3. The molecular formula is C19H12F3N7S2. The fraction of sp³-hybridized carbons (Fsp3) is 0.263. The highest BCUT2D eigenvalue weighted by Crippen LogP contribution is 2.56. The molecule has 1 aromatic carbocycles. The van der Waals surface area contributed by atoms with Crippen molar-refractivity contribution in [2.45, 2.75) is 35.3 Å². The van der Waals surface area contributed by atoms with Crippen molar-refractivity contribution in [2.75, 3.05) is 0 Å². The van der Waals surface area contributed by atoms with E-state index in [1.807, 2.05) is 12.1 Å². The van der Waals surface area contributed by atoms with E-state index in [9.17, 15) is 18.4 Å². The minimum atomic E-state index is -4.48. The molecule has 1 spiro atoms. The molecule has 1 aliphatic carbocycles. The van der Waals surface area contributed by atoms with Gasteiger partial charge < -0.3 is 0 Å². The average Bonchev–Trinajstić information content (AvgIpc) is 3.30. The normalized spacial score (nSPS) is 16.5. The lowest BCUT2D eigenvalue weighted by molar-refractivity contribution is -0.137. The number of nitriles is 1. The van der Waals surface area contributed by atoms with E-state index in [1.54, 1.807) is 0 Å². The van der Waals surface area contributed by atoms with Crippen LogP contribution in [-0.4, -0.2) is 29.8 Å². The summed E-state index contributed by atoms with van der Waals surface area (Å²) in [5, 5.41) is 25.2. The van der Waals surface area contributed by atoms with E-state index in [1.165, 1.54) is 35.9 Å². The molecule has 156 valence electrons. The zero-order valence-corrected chi connectivity index (χ0v) is 17.3. The minimum absolute atomic E-state index is 0.0155. The van der Waals surface area contributed by atoms with Gasteiger partial charge in [0.25, 0.3) is 0 Å². The van der Waals surface area contributed by atoms with Crippen LogP contribution in [0.5, 0.6) is 0 Å². The highest BCUT2D eigenvalue weighted by molar-refractivity contribution is 8.38. The lowest BCUT2D eigenvalue weighted by Crippen LogP contribution is -2.15. The molecule has 7 nitrogen and oxygen atoms in total. The number of nitrogens with zero attached hydrogens (tertiary/aromatic N) is 6. The third kappa shape index (κ3) is 3.79. The van der Waals surface area contributed by atoms with Crippen LogP contribution in [-0.2, 0) is 17.5 Å². The molecule has 31 heavy (non-hydrogen) atoms. The third-order valence-corrected chi connectivity index (χ3v) is 7.20. The molecule has 3 aromatic rings. The first-order valence-corrected chi connectivity index (χ1v) is 10.9. The van der Waals surface area contributed by atoms with Crippen molar-refractivity contribution in [3.63, 3.8) is 0 Å². The Morgan fingerprint density at radius 3 is 2.74 bits per heavy atom.